The van der Waals surface area contributed by atoms with Gasteiger partial charge in [0.15, 0.2) is 5.82 Å². The highest BCUT2D eigenvalue weighted by atomic mass is 16.1. The molecule has 3 aromatic rings. The molecule has 2 atom stereocenters. The number of fused-ring (bicyclic) bond motifs is 1. The number of tetrazole rings is 1. The Labute approximate surface area is 182 Å². The highest BCUT2D eigenvalue weighted by Crippen LogP contribution is 2.35. The lowest BCUT2D eigenvalue weighted by molar-refractivity contribution is 0.139. The molecule has 1 aromatic carbocycles. The van der Waals surface area contributed by atoms with Crippen molar-refractivity contribution in [1.29, 1.82) is 0 Å². The first-order valence-corrected chi connectivity index (χ1v) is 11.7. The highest BCUT2D eigenvalue weighted by Gasteiger charge is 2.34. The van der Waals surface area contributed by atoms with E-state index in [0.717, 1.165) is 60.2 Å². The minimum Gasteiger partial charge on any atom is -0.321 e. The summed E-state index contributed by atoms with van der Waals surface area (Å²) in [5, 5.41) is 14.0. The van der Waals surface area contributed by atoms with Crippen molar-refractivity contribution in [2.75, 3.05) is 13.1 Å². The summed E-state index contributed by atoms with van der Waals surface area (Å²) in [6.07, 6.45) is 6.99. The van der Waals surface area contributed by atoms with Gasteiger partial charge in [-0.25, -0.2) is 4.68 Å². The Hall–Kier alpha value is -2.54. The molecule has 164 valence electrons. The van der Waals surface area contributed by atoms with Gasteiger partial charge in [0.25, 0.3) is 5.56 Å². The summed E-state index contributed by atoms with van der Waals surface area (Å²) in [4.78, 5) is 19.0. The molecule has 31 heavy (non-hydrogen) atoms. The van der Waals surface area contributed by atoms with Crippen molar-refractivity contribution in [1.82, 2.24) is 30.1 Å². The summed E-state index contributed by atoms with van der Waals surface area (Å²) in [6, 6.07) is 6.44. The van der Waals surface area contributed by atoms with Gasteiger partial charge in [-0.1, -0.05) is 31.4 Å². The summed E-state index contributed by atoms with van der Waals surface area (Å²) in [5.41, 5.74) is 3.92. The zero-order valence-corrected chi connectivity index (χ0v) is 18.8. The van der Waals surface area contributed by atoms with Crippen LogP contribution in [0.2, 0.25) is 0 Å². The lowest BCUT2D eigenvalue weighted by Crippen LogP contribution is -2.41. The first-order valence-electron chi connectivity index (χ1n) is 11.7. The molecule has 5 rings (SSSR count). The molecular formula is C24H32N6O. The standard InChI is InChI=1S/C24H32N6O/c1-15-7-6-10-29(14-15)22(23-26-27-28-30(23)19-8-4-5-9-19)20-13-18-12-16(2)11-17(3)21(18)25-24(20)31/h11-13,15,19,22H,4-10,14H2,1-3H3,(H,25,31)/t15-,22-/m1/s1. The predicted octanol–water partition coefficient (Wildman–Crippen LogP) is 4.07. The molecule has 2 aliphatic rings. The molecule has 1 N–H and O–H groups in total. The second-order valence-electron chi connectivity index (χ2n) is 9.66. The molecule has 3 heterocycles. The van der Waals surface area contributed by atoms with Crippen LogP contribution in [0, 0.1) is 19.8 Å². The van der Waals surface area contributed by atoms with Gasteiger partial charge < -0.3 is 4.98 Å². The largest absolute Gasteiger partial charge is 0.321 e. The Kier molecular flexibility index (Phi) is 5.38. The Bertz CT molecular complexity index is 1140. The highest BCUT2D eigenvalue weighted by molar-refractivity contribution is 5.83. The second kappa shape index (κ2) is 8.19. The fraction of sp³-hybridized carbons (Fsp3) is 0.583. The SMILES string of the molecule is Cc1cc(C)c2[nH]c(=O)c([C@H](c3nnnn3C3CCCC3)N3CCC[C@@H](C)C3)cc2c1. The van der Waals surface area contributed by atoms with Crippen LogP contribution in [0.4, 0.5) is 0 Å². The molecule has 0 amide bonds. The fourth-order valence-corrected chi connectivity index (χ4v) is 5.66. The topological polar surface area (TPSA) is 79.7 Å². The summed E-state index contributed by atoms with van der Waals surface area (Å²) in [7, 11) is 0. The van der Waals surface area contributed by atoms with E-state index in [1.54, 1.807) is 0 Å². The quantitative estimate of drug-likeness (QED) is 0.688. The fourth-order valence-electron chi connectivity index (χ4n) is 5.66. The first kappa shape index (κ1) is 20.4. The molecule has 1 saturated carbocycles. The third-order valence-corrected chi connectivity index (χ3v) is 7.10. The Morgan fingerprint density at radius 2 is 1.90 bits per heavy atom. The van der Waals surface area contributed by atoms with Crippen LogP contribution in [-0.2, 0) is 0 Å². The number of aromatic nitrogens is 5. The van der Waals surface area contributed by atoms with E-state index in [2.05, 4.69) is 64.4 Å². The summed E-state index contributed by atoms with van der Waals surface area (Å²) in [5.74, 6) is 1.41. The zero-order valence-electron chi connectivity index (χ0n) is 18.8. The van der Waals surface area contributed by atoms with E-state index in [0.29, 0.717) is 12.0 Å². The number of aryl methyl sites for hydroxylation is 2. The number of hydrogen-bond donors (Lipinski definition) is 1. The van der Waals surface area contributed by atoms with Crippen LogP contribution < -0.4 is 5.56 Å². The summed E-state index contributed by atoms with van der Waals surface area (Å²) < 4.78 is 2.02. The van der Waals surface area contributed by atoms with Gasteiger partial charge in [-0.05, 0) is 85.5 Å². The first-order chi connectivity index (χ1) is 15.0. The predicted molar refractivity (Wildman–Crippen MR) is 121 cm³/mol. The van der Waals surface area contributed by atoms with Crippen molar-refractivity contribution in [3.63, 3.8) is 0 Å². The molecule has 2 fully saturated rings. The van der Waals surface area contributed by atoms with Crippen molar-refractivity contribution in [2.24, 2.45) is 5.92 Å². The Morgan fingerprint density at radius 1 is 1.10 bits per heavy atom. The van der Waals surface area contributed by atoms with Crippen molar-refractivity contribution in [3.05, 3.63) is 51.1 Å². The molecular weight excluding hydrogens is 388 g/mol. The van der Waals surface area contributed by atoms with E-state index in [9.17, 15) is 4.79 Å². The maximum Gasteiger partial charge on any atom is 0.253 e. The average Bonchev–Trinajstić information content (AvgIpc) is 3.41. The number of hydrogen-bond acceptors (Lipinski definition) is 5. The molecule has 1 aliphatic heterocycles. The Balaban J connectivity index is 1.67. The molecule has 0 spiro atoms. The maximum absolute atomic E-state index is 13.4. The van der Waals surface area contributed by atoms with Crippen LogP contribution in [0.25, 0.3) is 10.9 Å². The van der Waals surface area contributed by atoms with Gasteiger partial charge in [-0.15, -0.1) is 5.10 Å². The van der Waals surface area contributed by atoms with Gasteiger partial charge >= 0.3 is 0 Å². The number of nitrogens with zero attached hydrogens (tertiary/aromatic N) is 5. The van der Waals surface area contributed by atoms with Crippen LogP contribution in [0.1, 0.15) is 80.0 Å². The second-order valence-corrected chi connectivity index (χ2v) is 9.66. The maximum atomic E-state index is 13.4. The molecule has 2 aromatic heterocycles. The monoisotopic (exact) mass is 420 g/mol. The van der Waals surface area contributed by atoms with E-state index in [4.69, 9.17) is 0 Å². The van der Waals surface area contributed by atoms with Gasteiger partial charge in [0.05, 0.1) is 11.6 Å². The van der Waals surface area contributed by atoms with Crippen molar-refractivity contribution in [2.45, 2.75) is 71.4 Å². The van der Waals surface area contributed by atoms with Crippen molar-refractivity contribution >= 4 is 10.9 Å². The minimum absolute atomic E-state index is 0.0383. The van der Waals surface area contributed by atoms with Crippen LogP contribution in [0.5, 0.6) is 0 Å². The van der Waals surface area contributed by atoms with Gasteiger partial charge in [0, 0.05) is 12.1 Å². The smallest absolute Gasteiger partial charge is 0.253 e. The third-order valence-electron chi connectivity index (χ3n) is 7.10. The molecule has 7 heteroatoms. The van der Waals surface area contributed by atoms with E-state index < -0.39 is 0 Å². The number of aromatic amines is 1. The van der Waals surface area contributed by atoms with E-state index in [1.165, 1.54) is 24.8 Å². The number of benzene rings is 1. The number of pyridine rings is 1. The number of H-pyrrole nitrogens is 1. The molecule has 7 nitrogen and oxygen atoms in total. The van der Waals surface area contributed by atoms with Gasteiger partial charge in [0.1, 0.15) is 6.04 Å². The van der Waals surface area contributed by atoms with Crippen LogP contribution in [0.15, 0.2) is 23.0 Å². The number of likely N-dealkylation sites (tertiary alicyclic amines) is 1. The van der Waals surface area contributed by atoms with Crippen LogP contribution in [-0.4, -0.2) is 43.2 Å². The summed E-state index contributed by atoms with van der Waals surface area (Å²) in [6.45, 7) is 8.35. The van der Waals surface area contributed by atoms with Gasteiger partial charge in [0.2, 0.25) is 0 Å². The minimum atomic E-state index is -0.229. The van der Waals surface area contributed by atoms with E-state index in [1.807, 2.05) is 4.68 Å². The van der Waals surface area contributed by atoms with E-state index >= 15 is 0 Å². The van der Waals surface area contributed by atoms with Crippen LogP contribution >= 0.6 is 0 Å². The Morgan fingerprint density at radius 3 is 2.68 bits per heavy atom. The molecule has 1 aliphatic carbocycles. The number of piperidine rings is 1. The third kappa shape index (κ3) is 3.80. The average molecular weight is 421 g/mol. The van der Waals surface area contributed by atoms with Crippen LogP contribution in [0.3, 0.4) is 0 Å². The normalized spacial score (nSPS) is 21.7. The lowest BCUT2D eigenvalue weighted by Gasteiger charge is -2.36. The summed E-state index contributed by atoms with van der Waals surface area (Å²) >= 11 is 0. The van der Waals surface area contributed by atoms with Crippen molar-refractivity contribution < 1.29 is 0 Å². The number of nitrogens with one attached hydrogen (secondary N) is 1. The van der Waals surface area contributed by atoms with Gasteiger partial charge in [-0.2, -0.15) is 0 Å². The molecule has 0 unspecified atom stereocenters. The van der Waals surface area contributed by atoms with E-state index in [-0.39, 0.29) is 11.6 Å². The zero-order chi connectivity index (χ0) is 21.5. The molecule has 0 radical (unpaired) electrons. The van der Waals surface area contributed by atoms with Crippen molar-refractivity contribution in [3.8, 4) is 0 Å². The molecule has 1 saturated heterocycles. The number of rotatable bonds is 4. The lowest BCUT2D eigenvalue weighted by atomic mass is 9.95. The molecule has 0 bridgehead atoms. The van der Waals surface area contributed by atoms with Gasteiger partial charge in [-0.3, -0.25) is 9.69 Å².